The Labute approximate surface area is 101 Å². The monoisotopic (exact) mass is 236 g/mol. The number of rotatable bonds is 6. The highest BCUT2D eigenvalue weighted by atomic mass is 19.1. The summed E-state index contributed by atoms with van der Waals surface area (Å²) in [6.45, 7) is 4.56. The van der Waals surface area contributed by atoms with Gasteiger partial charge in [0.05, 0.1) is 18.2 Å². The molecular formula is C13H17FN2O. The van der Waals surface area contributed by atoms with Gasteiger partial charge in [0.25, 0.3) is 0 Å². The largest absolute Gasteiger partial charge is 0.380 e. The van der Waals surface area contributed by atoms with Gasteiger partial charge in [0.15, 0.2) is 0 Å². The first-order valence-electron chi connectivity index (χ1n) is 5.62. The first kappa shape index (κ1) is 13.6. The van der Waals surface area contributed by atoms with E-state index in [0.717, 1.165) is 6.54 Å². The van der Waals surface area contributed by atoms with Crippen LogP contribution in [0.25, 0.3) is 0 Å². The van der Waals surface area contributed by atoms with E-state index in [1.165, 1.54) is 6.07 Å². The summed E-state index contributed by atoms with van der Waals surface area (Å²) in [5.41, 5.74) is 0.950. The molecule has 0 unspecified atom stereocenters. The van der Waals surface area contributed by atoms with Crippen LogP contribution in [0.5, 0.6) is 0 Å². The molecule has 0 saturated heterocycles. The molecule has 0 spiro atoms. The Morgan fingerprint density at radius 3 is 2.82 bits per heavy atom. The van der Waals surface area contributed by atoms with Crippen molar-refractivity contribution in [1.29, 1.82) is 5.26 Å². The highest BCUT2D eigenvalue weighted by molar-refractivity contribution is 5.32. The number of halogens is 1. The summed E-state index contributed by atoms with van der Waals surface area (Å²) in [6.07, 6.45) is 0. The summed E-state index contributed by atoms with van der Waals surface area (Å²) in [6, 6.07) is 6.48. The van der Waals surface area contributed by atoms with Gasteiger partial charge in [0, 0.05) is 25.3 Å². The van der Waals surface area contributed by atoms with Gasteiger partial charge in [0.2, 0.25) is 0 Å². The van der Waals surface area contributed by atoms with Crippen molar-refractivity contribution in [1.82, 2.24) is 4.90 Å². The number of likely N-dealkylation sites (N-methyl/N-ethyl adjacent to an activating group) is 1. The van der Waals surface area contributed by atoms with Crippen LogP contribution in [0.15, 0.2) is 18.2 Å². The van der Waals surface area contributed by atoms with Crippen LogP contribution in [-0.4, -0.2) is 31.7 Å². The molecule has 0 aliphatic rings. The molecule has 4 heteroatoms. The van der Waals surface area contributed by atoms with E-state index in [1.807, 2.05) is 24.9 Å². The molecule has 1 aromatic rings. The topological polar surface area (TPSA) is 36.3 Å². The summed E-state index contributed by atoms with van der Waals surface area (Å²) in [5.74, 6) is -0.327. The molecule has 92 valence electrons. The van der Waals surface area contributed by atoms with Crippen LogP contribution in [0.3, 0.4) is 0 Å². The lowest BCUT2D eigenvalue weighted by Gasteiger charge is -2.16. The molecule has 0 N–H and O–H groups in total. The van der Waals surface area contributed by atoms with Crippen molar-refractivity contribution in [2.75, 3.05) is 26.8 Å². The van der Waals surface area contributed by atoms with Crippen molar-refractivity contribution in [3.05, 3.63) is 35.1 Å². The second-order valence-electron chi connectivity index (χ2n) is 3.85. The Morgan fingerprint density at radius 1 is 1.47 bits per heavy atom. The normalized spacial score (nSPS) is 10.5. The van der Waals surface area contributed by atoms with E-state index in [0.29, 0.717) is 30.9 Å². The predicted molar refractivity (Wildman–Crippen MR) is 63.9 cm³/mol. The van der Waals surface area contributed by atoms with Crippen molar-refractivity contribution in [2.24, 2.45) is 0 Å². The number of nitriles is 1. The molecule has 0 heterocycles. The van der Waals surface area contributed by atoms with Crippen molar-refractivity contribution in [3.8, 4) is 6.07 Å². The standard InChI is InChI=1S/C13H17FN2O/c1-3-17-7-6-16(2)10-12-5-4-11(9-15)8-13(12)14/h4-5,8H,3,6-7,10H2,1-2H3. The van der Waals surface area contributed by atoms with E-state index < -0.39 is 0 Å². The molecule has 1 rings (SSSR count). The smallest absolute Gasteiger partial charge is 0.129 e. The third kappa shape index (κ3) is 4.51. The predicted octanol–water partition coefficient (Wildman–Crippen LogP) is 2.17. The van der Waals surface area contributed by atoms with Crippen LogP contribution >= 0.6 is 0 Å². The molecule has 1 aromatic carbocycles. The highest BCUT2D eigenvalue weighted by Gasteiger charge is 2.06. The fourth-order valence-corrected chi connectivity index (χ4v) is 1.48. The molecule has 0 saturated carbocycles. The molecule has 0 fully saturated rings. The molecule has 0 atom stereocenters. The first-order chi connectivity index (χ1) is 8.17. The van der Waals surface area contributed by atoms with Crippen molar-refractivity contribution < 1.29 is 9.13 Å². The van der Waals surface area contributed by atoms with Crippen LogP contribution in [0.4, 0.5) is 4.39 Å². The minimum atomic E-state index is -0.327. The molecule has 0 bridgehead atoms. The van der Waals surface area contributed by atoms with E-state index in [-0.39, 0.29) is 5.82 Å². The van der Waals surface area contributed by atoms with Crippen LogP contribution in [0.2, 0.25) is 0 Å². The Kier molecular flexibility index (Phi) is 5.61. The van der Waals surface area contributed by atoms with Crippen LogP contribution < -0.4 is 0 Å². The third-order valence-electron chi connectivity index (χ3n) is 2.44. The first-order valence-corrected chi connectivity index (χ1v) is 5.62. The van der Waals surface area contributed by atoms with Gasteiger partial charge < -0.3 is 4.74 Å². The number of hydrogen-bond donors (Lipinski definition) is 0. The molecule has 0 aromatic heterocycles. The summed E-state index contributed by atoms with van der Waals surface area (Å²) in [5, 5.41) is 8.63. The highest BCUT2D eigenvalue weighted by Crippen LogP contribution is 2.11. The fourth-order valence-electron chi connectivity index (χ4n) is 1.48. The Bertz CT molecular complexity index is 401. The molecule has 0 aliphatic heterocycles. The van der Waals surface area contributed by atoms with Crippen LogP contribution in [0.1, 0.15) is 18.1 Å². The SMILES string of the molecule is CCOCCN(C)Cc1ccc(C#N)cc1F. The van der Waals surface area contributed by atoms with Gasteiger partial charge in [-0.2, -0.15) is 5.26 Å². The molecule has 0 amide bonds. The second kappa shape index (κ2) is 7.00. The van der Waals surface area contributed by atoms with E-state index in [2.05, 4.69) is 0 Å². The Morgan fingerprint density at radius 2 is 2.24 bits per heavy atom. The average molecular weight is 236 g/mol. The summed E-state index contributed by atoms with van der Waals surface area (Å²) >= 11 is 0. The van der Waals surface area contributed by atoms with Crippen LogP contribution in [-0.2, 0) is 11.3 Å². The third-order valence-corrected chi connectivity index (χ3v) is 2.44. The number of benzene rings is 1. The van der Waals surface area contributed by atoms with Gasteiger partial charge in [-0.05, 0) is 26.1 Å². The summed E-state index contributed by atoms with van der Waals surface area (Å²) in [4.78, 5) is 1.99. The van der Waals surface area contributed by atoms with E-state index in [9.17, 15) is 4.39 Å². The fraction of sp³-hybridized carbons (Fsp3) is 0.462. The average Bonchev–Trinajstić information content (AvgIpc) is 2.32. The Hall–Kier alpha value is -1.44. The summed E-state index contributed by atoms with van der Waals surface area (Å²) in [7, 11) is 1.91. The van der Waals surface area contributed by atoms with E-state index in [1.54, 1.807) is 12.1 Å². The van der Waals surface area contributed by atoms with Crippen molar-refractivity contribution >= 4 is 0 Å². The lowest BCUT2D eigenvalue weighted by Crippen LogP contribution is -2.23. The second-order valence-corrected chi connectivity index (χ2v) is 3.85. The molecule has 0 radical (unpaired) electrons. The number of hydrogen-bond acceptors (Lipinski definition) is 3. The zero-order valence-electron chi connectivity index (χ0n) is 10.2. The lowest BCUT2D eigenvalue weighted by molar-refractivity contribution is 0.120. The zero-order valence-corrected chi connectivity index (χ0v) is 10.2. The maximum absolute atomic E-state index is 13.6. The molecule has 3 nitrogen and oxygen atoms in total. The van der Waals surface area contributed by atoms with Crippen molar-refractivity contribution in [3.63, 3.8) is 0 Å². The van der Waals surface area contributed by atoms with Gasteiger partial charge in [-0.3, -0.25) is 4.90 Å². The van der Waals surface area contributed by atoms with Gasteiger partial charge in [-0.15, -0.1) is 0 Å². The van der Waals surface area contributed by atoms with Gasteiger partial charge >= 0.3 is 0 Å². The molecule has 17 heavy (non-hydrogen) atoms. The quantitative estimate of drug-likeness (QED) is 0.710. The minimum Gasteiger partial charge on any atom is -0.380 e. The van der Waals surface area contributed by atoms with Gasteiger partial charge in [0.1, 0.15) is 5.82 Å². The Balaban J connectivity index is 2.54. The maximum Gasteiger partial charge on any atom is 0.129 e. The number of nitrogens with zero attached hydrogens (tertiary/aromatic N) is 2. The number of ether oxygens (including phenoxy) is 1. The minimum absolute atomic E-state index is 0.327. The van der Waals surface area contributed by atoms with Gasteiger partial charge in [-0.25, -0.2) is 4.39 Å². The van der Waals surface area contributed by atoms with Gasteiger partial charge in [-0.1, -0.05) is 6.07 Å². The van der Waals surface area contributed by atoms with E-state index >= 15 is 0 Å². The molecular weight excluding hydrogens is 219 g/mol. The zero-order chi connectivity index (χ0) is 12.7. The summed E-state index contributed by atoms with van der Waals surface area (Å²) < 4.78 is 18.8. The molecule has 0 aliphatic carbocycles. The van der Waals surface area contributed by atoms with Crippen LogP contribution in [0, 0.1) is 17.1 Å². The van der Waals surface area contributed by atoms with Crippen molar-refractivity contribution in [2.45, 2.75) is 13.5 Å². The van der Waals surface area contributed by atoms with E-state index in [4.69, 9.17) is 10.00 Å². The maximum atomic E-state index is 13.6. The lowest BCUT2D eigenvalue weighted by atomic mass is 10.1.